The maximum atomic E-state index is 14.3. The molecule has 1 saturated carbocycles. The number of halogens is 2. The Morgan fingerprint density at radius 3 is 2.59 bits per heavy atom. The van der Waals surface area contributed by atoms with E-state index in [9.17, 15) is 13.9 Å². The van der Waals surface area contributed by atoms with E-state index >= 15 is 0 Å². The zero-order valence-electron chi connectivity index (χ0n) is 19.4. The summed E-state index contributed by atoms with van der Waals surface area (Å²) in [6.07, 6.45) is 6.19. The van der Waals surface area contributed by atoms with E-state index in [1.807, 2.05) is 18.4 Å². The smallest absolute Gasteiger partial charge is 0.224 e. The van der Waals surface area contributed by atoms with Gasteiger partial charge >= 0.3 is 0 Å². The molecule has 3 N–H and O–H groups in total. The Labute approximate surface area is 196 Å². The Kier molecular flexibility index (Phi) is 6.11. The van der Waals surface area contributed by atoms with Crippen molar-refractivity contribution in [3.05, 3.63) is 36.0 Å². The predicted molar refractivity (Wildman–Crippen MR) is 125 cm³/mol. The van der Waals surface area contributed by atoms with Crippen LogP contribution in [0.1, 0.15) is 52.0 Å². The van der Waals surface area contributed by atoms with Gasteiger partial charge in [-0.2, -0.15) is 4.98 Å². The Bertz CT molecular complexity index is 1160. The highest BCUT2D eigenvalue weighted by Crippen LogP contribution is 2.34. The topological polar surface area (TPSA) is 97.1 Å². The largest absolute Gasteiger partial charge is 0.390 e. The summed E-state index contributed by atoms with van der Waals surface area (Å²) in [5.41, 5.74) is 0.673. The van der Waals surface area contributed by atoms with Gasteiger partial charge in [0.25, 0.3) is 0 Å². The first kappa shape index (κ1) is 22.9. The van der Waals surface area contributed by atoms with Crippen molar-refractivity contribution in [2.45, 2.75) is 63.6 Å². The lowest BCUT2D eigenvalue weighted by atomic mass is 9.77. The van der Waals surface area contributed by atoms with Gasteiger partial charge in [0.15, 0.2) is 5.65 Å². The van der Waals surface area contributed by atoms with E-state index in [0.29, 0.717) is 42.2 Å². The number of anilines is 3. The van der Waals surface area contributed by atoms with Gasteiger partial charge in [0, 0.05) is 18.7 Å². The number of nitrogens with one attached hydrogen (secondary N) is 2. The van der Waals surface area contributed by atoms with Crippen LogP contribution in [0.2, 0.25) is 0 Å². The van der Waals surface area contributed by atoms with Gasteiger partial charge in [-0.25, -0.2) is 18.7 Å². The first-order chi connectivity index (χ1) is 16.3. The van der Waals surface area contributed by atoms with E-state index in [-0.39, 0.29) is 17.8 Å². The molecule has 182 valence electrons. The van der Waals surface area contributed by atoms with Crippen LogP contribution in [0.25, 0.3) is 11.2 Å². The molecule has 1 aliphatic carbocycles. The summed E-state index contributed by atoms with van der Waals surface area (Å²) in [5.74, 6) is -0.125. The third-order valence-corrected chi connectivity index (χ3v) is 6.94. The highest BCUT2D eigenvalue weighted by Gasteiger charge is 2.32. The van der Waals surface area contributed by atoms with E-state index in [2.05, 4.69) is 20.6 Å². The van der Waals surface area contributed by atoms with Gasteiger partial charge in [-0.05, 0) is 64.0 Å². The third kappa shape index (κ3) is 4.69. The molecule has 3 heterocycles. The Morgan fingerprint density at radius 1 is 1.12 bits per heavy atom. The summed E-state index contributed by atoms with van der Waals surface area (Å²) in [4.78, 5) is 13.8. The zero-order chi connectivity index (χ0) is 23.9. The van der Waals surface area contributed by atoms with Crippen LogP contribution in [-0.4, -0.2) is 49.5 Å². The van der Waals surface area contributed by atoms with Gasteiger partial charge in [-0.1, -0.05) is 0 Å². The minimum absolute atomic E-state index is 0.0130. The van der Waals surface area contributed by atoms with E-state index < -0.39 is 17.2 Å². The van der Waals surface area contributed by atoms with Crippen LogP contribution in [0.15, 0.2) is 24.4 Å². The number of aliphatic hydroxyl groups is 1. The molecule has 8 nitrogen and oxygen atoms in total. The molecule has 2 aliphatic rings. The first-order valence-corrected chi connectivity index (χ1v) is 11.8. The molecule has 1 atom stereocenters. The van der Waals surface area contributed by atoms with E-state index in [1.54, 1.807) is 6.20 Å². The fraction of sp³-hybridized carbons (Fsp3) is 0.542. The van der Waals surface area contributed by atoms with Crippen molar-refractivity contribution in [1.29, 1.82) is 0 Å². The number of aromatic nitrogens is 4. The van der Waals surface area contributed by atoms with Crippen molar-refractivity contribution in [2.75, 3.05) is 23.8 Å². The zero-order valence-corrected chi connectivity index (χ0v) is 19.4. The lowest BCUT2D eigenvalue weighted by Gasteiger charge is -2.36. The minimum atomic E-state index is -0.698. The van der Waals surface area contributed by atoms with Gasteiger partial charge in [0.1, 0.15) is 17.2 Å². The van der Waals surface area contributed by atoms with Crippen molar-refractivity contribution in [3.63, 3.8) is 0 Å². The standard InChI is InChI=1S/C24H30F2N6O2/c1-24(2,33)14-3-6-16(7-4-14)28-22-27-12-20-21(31-22)32(17-9-10-34-13-17)23(30-20)29-19-8-5-15(25)11-18(19)26/h5,8,11-12,14,16-17,33H,3-4,6-7,9-10,13H2,1-2H3,(H,29,30)(H,27,28,31)/t14-,16-,17-/m1/s1. The fourth-order valence-electron chi connectivity index (χ4n) is 4.96. The fourth-order valence-corrected chi connectivity index (χ4v) is 4.96. The quantitative estimate of drug-likeness (QED) is 0.484. The van der Waals surface area contributed by atoms with Gasteiger partial charge in [0.2, 0.25) is 11.9 Å². The molecule has 2 aromatic heterocycles. The highest BCUT2D eigenvalue weighted by molar-refractivity contribution is 5.76. The Hall–Kier alpha value is -2.85. The van der Waals surface area contributed by atoms with E-state index in [4.69, 9.17) is 9.72 Å². The van der Waals surface area contributed by atoms with Crippen LogP contribution in [0.5, 0.6) is 0 Å². The third-order valence-electron chi connectivity index (χ3n) is 6.94. The van der Waals surface area contributed by atoms with E-state index in [0.717, 1.165) is 38.2 Å². The molecule has 1 aromatic carbocycles. The molecule has 2 fully saturated rings. The molecule has 1 saturated heterocycles. The molecule has 5 rings (SSSR count). The van der Waals surface area contributed by atoms with Gasteiger partial charge in [0.05, 0.1) is 30.1 Å². The summed E-state index contributed by atoms with van der Waals surface area (Å²) in [5, 5.41) is 16.7. The number of fused-ring (bicyclic) bond motifs is 1. The summed E-state index contributed by atoms with van der Waals surface area (Å²) in [6.45, 7) is 4.87. The molecule has 0 spiro atoms. The number of rotatable bonds is 6. The van der Waals surface area contributed by atoms with Gasteiger partial charge in [-0.3, -0.25) is 4.57 Å². The molecular weight excluding hydrogens is 442 g/mol. The molecule has 34 heavy (non-hydrogen) atoms. The van der Waals surface area contributed by atoms with E-state index in [1.165, 1.54) is 12.1 Å². The molecule has 1 aliphatic heterocycles. The van der Waals surface area contributed by atoms with Crippen LogP contribution in [0.4, 0.5) is 26.4 Å². The molecule has 0 amide bonds. The van der Waals surface area contributed by atoms with Crippen LogP contribution in [0, 0.1) is 17.6 Å². The second-order valence-electron chi connectivity index (χ2n) is 9.82. The maximum Gasteiger partial charge on any atom is 0.224 e. The SMILES string of the molecule is CC(C)(O)[C@H]1CC[C@H](Nc2ncc3nc(Nc4ccc(F)cc4F)n([C@@H]4CCOC4)c3n2)CC1. The molecule has 0 unspecified atom stereocenters. The average Bonchev–Trinajstić information content (AvgIpc) is 3.42. The van der Waals surface area contributed by atoms with Crippen LogP contribution in [0.3, 0.4) is 0 Å². The minimum Gasteiger partial charge on any atom is -0.390 e. The van der Waals surface area contributed by atoms with Gasteiger partial charge in [-0.15, -0.1) is 0 Å². The summed E-state index contributed by atoms with van der Waals surface area (Å²) in [6, 6.07) is 3.60. The predicted octanol–water partition coefficient (Wildman–Crippen LogP) is 4.55. The number of ether oxygens (including phenoxy) is 1. The van der Waals surface area contributed by atoms with Crippen LogP contribution in [-0.2, 0) is 4.74 Å². The Morgan fingerprint density at radius 2 is 1.91 bits per heavy atom. The van der Waals surface area contributed by atoms with Crippen LogP contribution >= 0.6 is 0 Å². The number of benzene rings is 1. The number of nitrogens with zero attached hydrogens (tertiary/aromatic N) is 4. The molecular formula is C24H30F2N6O2. The highest BCUT2D eigenvalue weighted by atomic mass is 19.1. The Balaban J connectivity index is 1.41. The van der Waals surface area contributed by atoms with Crippen molar-refractivity contribution < 1.29 is 18.6 Å². The summed E-state index contributed by atoms with van der Waals surface area (Å²) >= 11 is 0. The number of hydrogen-bond donors (Lipinski definition) is 3. The molecule has 0 bridgehead atoms. The van der Waals surface area contributed by atoms with Crippen molar-refractivity contribution in [3.8, 4) is 0 Å². The van der Waals surface area contributed by atoms with Gasteiger partial charge < -0.3 is 20.5 Å². The van der Waals surface area contributed by atoms with Crippen molar-refractivity contribution >= 4 is 28.7 Å². The maximum absolute atomic E-state index is 14.3. The normalized spacial score (nSPS) is 23.4. The number of hydrogen-bond acceptors (Lipinski definition) is 7. The van der Waals surface area contributed by atoms with Crippen molar-refractivity contribution in [1.82, 2.24) is 19.5 Å². The second kappa shape index (κ2) is 9.07. The number of imidazole rings is 1. The second-order valence-corrected chi connectivity index (χ2v) is 9.82. The summed E-state index contributed by atoms with van der Waals surface area (Å²) < 4.78 is 35.2. The molecule has 3 aromatic rings. The molecule has 0 radical (unpaired) electrons. The first-order valence-electron chi connectivity index (χ1n) is 11.8. The van der Waals surface area contributed by atoms with Crippen LogP contribution < -0.4 is 10.6 Å². The lowest BCUT2D eigenvalue weighted by Crippen LogP contribution is -2.37. The lowest BCUT2D eigenvalue weighted by molar-refractivity contribution is -0.000414. The van der Waals surface area contributed by atoms with Crippen molar-refractivity contribution in [2.24, 2.45) is 5.92 Å². The monoisotopic (exact) mass is 472 g/mol. The molecule has 10 heteroatoms. The average molecular weight is 473 g/mol. The summed E-state index contributed by atoms with van der Waals surface area (Å²) in [7, 11) is 0.